The van der Waals surface area contributed by atoms with Crippen molar-refractivity contribution in [2.45, 2.75) is 91.0 Å². The Balaban J connectivity index is 0.000000470. The van der Waals surface area contributed by atoms with Crippen molar-refractivity contribution in [2.24, 2.45) is 11.7 Å². The fourth-order valence-corrected chi connectivity index (χ4v) is 6.11. The molecule has 1 saturated carbocycles. The predicted octanol–water partition coefficient (Wildman–Crippen LogP) is 5.23. The van der Waals surface area contributed by atoms with Gasteiger partial charge in [-0.25, -0.2) is 4.98 Å². The monoisotopic (exact) mass is 631 g/mol. The molecule has 2 fully saturated rings. The van der Waals surface area contributed by atoms with E-state index < -0.39 is 0 Å². The van der Waals surface area contributed by atoms with Crippen molar-refractivity contribution in [1.82, 2.24) is 20.5 Å². The fraction of sp³-hybridized carbons (Fsp3) is 0.647. The number of nitrogens with one attached hydrogen (secondary N) is 2. The van der Waals surface area contributed by atoms with Gasteiger partial charge in [0, 0.05) is 45.1 Å². The van der Waals surface area contributed by atoms with E-state index in [9.17, 15) is 9.59 Å². The van der Waals surface area contributed by atoms with Gasteiger partial charge in [-0.15, -0.1) is 11.3 Å². The highest BCUT2D eigenvalue weighted by Gasteiger charge is 2.24. The molecule has 1 aliphatic heterocycles. The molecule has 0 radical (unpaired) electrons. The van der Waals surface area contributed by atoms with Crippen LogP contribution in [0, 0.1) is 5.92 Å². The third kappa shape index (κ3) is 16.4. The Morgan fingerprint density at radius 3 is 2.41 bits per heavy atom. The maximum Gasteiger partial charge on any atom is 0.220 e. The minimum Gasteiger partial charge on any atom is -0.379 e. The van der Waals surface area contributed by atoms with Crippen LogP contribution in [0.15, 0.2) is 30.4 Å². The van der Waals surface area contributed by atoms with Crippen molar-refractivity contribution in [1.29, 1.82) is 0 Å². The number of hydrogen-bond acceptors (Lipinski definition) is 8. The summed E-state index contributed by atoms with van der Waals surface area (Å²) >= 11 is 1.72. The molecule has 2 aliphatic rings. The number of aldehydes is 1. The molecule has 4 rings (SSSR count). The molecular weight excluding hydrogens is 574 g/mol. The zero-order valence-corrected chi connectivity index (χ0v) is 28.5. The first-order valence-corrected chi connectivity index (χ1v) is 17.0. The largest absolute Gasteiger partial charge is 0.379 e. The van der Waals surface area contributed by atoms with Crippen LogP contribution in [0.4, 0.5) is 0 Å². The lowest BCUT2D eigenvalue weighted by molar-refractivity contribution is -0.122. The quantitative estimate of drug-likeness (QED) is 0.229. The van der Waals surface area contributed by atoms with E-state index in [0.29, 0.717) is 18.3 Å². The Kier molecular flexibility index (Phi) is 22.0. The number of aromatic nitrogens is 1. The molecule has 4 N–H and O–H groups in total. The van der Waals surface area contributed by atoms with Gasteiger partial charge in [-0.2, -0.15) is 0 Å². The summed E-state index contributed by atoms with van der Waals surface area (Å²) in [5, 5.41) is 7.60. The van der Waals surface area contributed by atoms with Gasteiger partial charge in [0.15, 0.2) is 0 Å². The summed E-state index contributed by atoms with van der Waals surface area (Å²) in [6.45, 7) is 14.0. The molecule has 44 heavy (non-hydrogen) atoms. The van der Waals surface area contributed by atoms with Crippen LogP contribution in [0.2, 0.25) is 0 Å². The summed E-state index contributed by atoms with van der Waals surface area (Å²) in [7, 11) is 1.97. The Morgan fingerprint density at radius 2 is 1.82 bits per heavy atom. The molecule has 1 unspecified atom stereocenters. The number of ether oxygens (including phenoxy) is 1. The first-order chi connectivity index (χ1) is 21.3. The van der Waals surface area contributed by atoms with Gasteiger partial charge in [0.25, 0.3) is 0 Å². The lowest BCUT2D eigenvalue weighted by Gasteiger charge is -2.31. The highest BCUT2D eigenvalue weighted by molar-refractivity contribution is 7.18. The number of benzene rings is 1. The van der Waals surface area contributed by atoms with Crippen molar-refractivity contribution < 1.29 is 19.1 Å². The number of allylic oxidation sites excluding steroid dienone is 1. The van der Waals surface area contributed by atoms with Gasteiger partial charge >= 0.3 is 0 Å². The maximum absolute atomic E-state index is 12.5. The summed E-state index contributed by atoms with van der Waals surface area (Å²) in [4.78, 5) is 38.0. The summed E-state index contributed by atoms with van der Waals surface area (Å²) in [5.74, 6) is 1.30. The van der Waals surface area contributed by atoms with E-state index >= 15 is 0 Å². The number of nitrogens with zero attached hydrogens (tertiary/aromatic N) is 2. The van der Waals surface area contributed by atoms with E-state index in [1.165, 1.54) is 54.9 Å². The molecule has 1 aromatic carbocycles. The highest BCUT2D eigenvalue weighted by atomic mass is 32.1. The SMILES string of the molecule is CCC.CNCC(NC(=O)CCc1nc2ccc(C(C)C)cc2s1)C1CCCCC1.NC=O.O=C/C=C/CN1CCOCC1. The molecule has 10 heteroatoms. The average molecular weight is 632 g/mol. The second-order valence-electron chi connectivity index (χ2n) is 11.4. The first kappa shape index (κ1) is 39.4. The van der Waals surface area contributed by atoms with Gasteiger partial charge in [-0.05, 0) is 55.5 Å². The molecule has 2 amide bonds. The zero-order chi connectivity index (χ0) is 32.6. The average Bonchev–Trinajstić information content (AvgIpc) is 3.44. The van der Waals surface area contributed by atoms with Crippen molar-refractivity contribution >= 4 is 40.2 Å². The number of fused-ring (bicyclic) bond motifs is 1. The third-order valence-electron chi connectivity index (χ3n) is 7.36. The number of aryl methyl sites for hydroxylation is 1. The van der Waals surface area contributed by atoms with Crippen LogP contribution >= 0.6 is 11.3 Å². The van der Waals surface area contributed by atoms with Gasteiger partial charge in [0.1, 0.15) is 6.29 Å². The van der Waals surface area contributed by atoms with Crippen LogP contribution in [-0.4, -0.2) is 81.0 Å². The van der Waals surface area contributed by atoms with Crippen LogP contribution in [0.1, 0.15) is 89.1 Å². The van der Waals surface area contributed by atoms with Crippen LogP contribution in [-0.2, 0) is 25.5 Å². The molecule has 1 aliphatic carbocycles. The van der Waals surface area contributed by atoms with Gasteiger partial charge in [-0.3, -0.25) is 19.3 Å². The Morgan fingerprint density at radius 1 is 1.16 bits per heavy atom. The lowest BCUT2D eigenvalue weighted by atomic mass is 9.83. The Labute approximate surface area is 269 Å². The van der Waals surface area contributed by atoms with Gasteiger partial charge in [-0.1, -0.05) is 65.5 Å². The fourth-order valence-electron chi connectivity index (χ4n) is 5.10. The molecule has 9 nitrogen and oxygen atoms in total. The van der Waals surface area contributed by atoms with Gasteiger partial charge in [0.2, 0.25) is 12.3 Å². The zero-order valence-electron chi connectivity index (χ0n) is 27.7. The second kappa shape index (κ2) is 24.6. The number of hydrogen-bond donors (Lipinski definition) is 3. The number of likely N-dealkylation sites (N-methyl/N-ethyl adjacent to an activating group) is 1. The Bertz CT molecular complexity index is 1080. The number of nitrogens with two attached hydrogens (primary N) is 1. The summed E-state index contributed by atoms with van der Waals surface area (Å²) in [6, 6.07) is 6.77. The molecule has 2 aromatic rings. The third-order valence-corrected chi connectivity index (χ3v) is 8.44. The van der Waals surface area contributed by atoms with Crippen molar-refractivity contribution in [3.63, 3.8) is 0 Å². The van der Waals surface area contributed by atoms with E-state index in [2.05, 4.69) is 67.2 Å². The van der Waals surface area contributed by atoms with Gasteiger partial charge in [0.05, 0.1) is 28.4 Å². The Hall–Kier alpha value is -2.66. The van der Waals surface area contributed by atoms with Crippen LogP contribution < -0.4 is 16.4 Å². The standard InChI is InChI=1S/C22H33N3OS.C8H13NO2.C3H8.CH3NO/c1-15(2)17-9-10-18-20(13-17)27-22(25-18)12-11-21(26)24-19(14-23-3)16-7-5-4-6-8-16;10-6-2-1-3-9-4-7-11-8-5-9;1-3-2;2-1-3/h9-10,13,15-16,19,23H,4-8,11-12,14H2,1-3H3,(H,24,26);1-2,6H,3-5,7-8H2;3H2,1-2H3;1H,(H2,2,3)/b;2-1+;;. The van der Waals surface area contributed by atoms with Crippen LogP contribution in [0.3, 0.4) is 0 Å². The predicted molar refractivity (Wildman–Crippen MR) is 183 cm³/mol. The van der Waals surface area contributed by atoms with E-state index in [4.69, 9.17) is 14.5 Å². The number of rotatable bonds is 11. The maximum atomic E-state index is 12.5. The summed E-state index contributed by atoms with van der Waals surface area (Å²) in [6.07, 6.45) is 13.4. The van der Waals surface area contributed by atoms with Crippen LogP contribution in [0.5, 0.6) is 0 Å². The van der Waals surface area contributed by atoms with E-state index in [1.807, 2.05) is 13.1 Å². The van der Waals surface area contributed by atoms with E-state index in [1.54, 1.807) is 11.3 Å². The smallest absolute Gasteiger partial charge is 0.220 e. The van der Waals surface area contributed by atoms with Crippen LogP contribution in [0.25, 0.3) is 10.2 Å². The number of thiazole rings is 1. The number of morpholine rings is 1. The molecule has 1 saturated heterocycles. The summed E-state index contributed by atoms with van der Waals surface area (Å²) < 4.78 is 6.40. The van der Waals surface area contributed by atoms with Crippen molar-refractivity contribution in [3.8, 4) is 0 Å². The lowest BCUT2D eigenvalue weighted by Crippen LogP contribution is -2.46. The minimum absolute atomic E-state index is 0.156. The molecule has 0 bridgehead atoms. The topological polar surface area (TPSA) is 127 Å². The molecular formula is C34H57N5O4S. The van der Waals surface area contributed by atoms with Gasteiger partial charge < -0.3 is 21.1 Å². The number of primary amides is 1. The molecule has 1 atom stereocenters. The normalized spacial score (nSPS) is 16.1. The van der Waals surface area contributed by atoms with E-state index in [-0.39, 0.29) is 18.4 Å². The first-order valence-electron chi connectivity index (χ1n) is 16.2. The molecule has 1 aromatic heterocycles. The van der Waals surface area contributed by atoms with Crippen molar-refractivity contribution in [3.05, 3.63) is 40.9 Å². The van der Waals surface area contributed by atoms with Crippen molar-refractivity contribution in [2.75, 3.05) is 46.4 Å². The molecule has 2 heterocycles. The second-order valence-corrected chi connectivity index (χ2v) is 12.6. The number of amides is 2. The van der Waals surface area contributed by atoms with E-state index in [0.717, 1.165) is 62.6 Å². The minimum atomic E-state index is 0.156. The molecule has 0 spiro atoms. The number of carbonyl (C=O) groups is 3. The molecule has 248 valence electrons. The highest BCUT2D eigenvalue weighted by Crippen LogP contribution is 2.28. The number of carbonyl (C=O) groups excluding carboxylic acids is 3. The summed E-state index contributed by atoms with van der Waals surface area (Å²) in [5.41, 5.74) is 6.56.